The average Bonchev–Trinajstić information content (AvgIpc) is 3.04. The maximum Gasteiger partial charge on any atom is 0.226 e. The molecule has 1 amide bonds. The van der Waals surface area contributed by atoms with E-state index in [4.69, 9.17) is 21.7 Å². The SMILES string of the molecule is CCCCCC(=O)NC(=S)Nc1cccc(-c2ccc(CO)o2)c1. The number of anilines is 1. The second kappa shape index (κ2) is 9.20. The van der Waals surface area contributed by atoms with Crippen LogP contribution in [0.2, 0.25) is 0 Å². The highest BCUT2D eigenvalue weighted by Gasteiger charge is 2.07. The van der Waals surface area contributed by atoms with Gasteiger partial charge in [0.05, 0.1) is 0 Å². The van der Waals surface area contributed by atoms with Gasteiger partial charge in [-0.2, -0.15) is 0 Å². The molecule has 0 saturated heterocycles. The van der Waals surface area contributed by atoms with Gasteiger partial charge >= 0.3 is 0 Å². The lowest BCUT2D eigenvalue weighted by atomic mass is 10.1. The summed E-state index contributed by atoms with van der Waals surface area (Å²) < 4.78 is 5.52. The lowest BCUT2D eigenvalue weighted by molar-refractivity contribution is -0.119. The fourth-order valence-corrected chi connectivity index (χ4v) is 2.49. The third-order valence-electron chi connectivity index (χ3n) is 3.48. The number of aliphatic hydroxyl groups is 1. The highest BCUT2D eigenvalue weighted by atomic mass is 32.1. The van der Waals surface area contributed by atoms with Crippen molar-refractivity contribution in [3.05, 3.63) is 42.2 Å². The Hall–Kier alpha value is -2.18. The summed E-state index contributed by atoms with van der Waals surface area (Å²) in [5, 5.41) is 15.0. The van der Waals surface area contributed by atoms with Crippen LogP contribution in [0.25, 0.3) is 11.3 Å². The Balaban J connectivity index is 1.94. The van der Waals surface area contributed by atoms with Crippen molar-refractivity contribution in [3.8, 4) is 11.3 Å². The average molecular weight is 346 g/mol. The van der Waals surface area contributed by atoms with Gasteiger partial charge in [-0.15, -0.1) is 0 Å². The van der Waals surface area contributed by atoms with Gasteiger partial charge in [0.1, 0.15) is 18.1 Å². The quantitative estimate of drug-likeness (QED) is 0.525. The van der Waals surface area contributed by atoms with E-state index in [1.807, 2.05) is 24.3 Å². The molecule has 0 radical (unpaired) electrons. The van der Waals surface area contributed by atoms with Crippen molar-refractivity contribution in [2.45, 2.75) is 39.2 Å². The lowest BCUT2D eigenvalue weighted by Gasteiger charge is -2.10. The Kier molecular flexibility index (Phi) is 6.96. The second-order valence-corrected chi connectivity index (χ2v) is 5.87. The Labute approximate surface area is 147 Å². The maximum absolute atomic E-state index is 11.8. The molecule has 5 nitrogen and oxygen atoms in total. The van der Waals surface area contributed by atoms with Gasteiger partial charge in [-0.25, -0.2) is 0 Å². The first-order valence-electron chi connectivity index (χ1n) is 8.03. The van der Waals surface area contributed by atoms with Crippen LogP contribution in [-0.2, 0) is 11.4 Å². The van der Waals surface area contributed by atoms with Gasteiger partial charge in [0, 0.05) is 17.7 Å². The van der Waals surface area contributed by atoms with Crippen molar-refractivity contribution < 1.29 is 14.3 Å². The number of furan rings is 1. The third-order valence-corrected chi connectivity index (χ3v) is 3.69. The summed E-state index contributed by atoms with van der Waals surface area (Å²) in [6, 6.07) is 11.0. The van der Waals surface area contributed by atoms with E-state index in [-0.39, 0.29) is 17.6 Å². The molecule has 6 heteroatoms. The van der Waals surface area contributed by atoms with Crippen LogP contribution < -0.4 is 10.6 Å². The van der Waals surface area contributed by atoms with Gasteiger partial charge in [-0.3, -0.25) is 4.79 Å². The molecule has 0 bridgehead atoms. The Morgan fingerprint density at radius 1 is 1.25 bits per heavy atom. The predicted octanol–water partition coefficient (Wildman–Crippen LogP) is 3.83. The Morgan fingerprint density at radius 3 is 2.79 bits per heavy atom. The van der Waals surface area contributed by atoms with Gasteiger partial charge in [-0.05, 0) is 42.9 Å². The molecule has 0 aliphatic heterocycles. The number of nitrogens with one attached hydrogen (secondary N) is 2. The standard InChI is InChI=1S/C18H22N2O3S/c1-2-3-4-8-17(22)20-18(24)19-14-7-5-6-13(11-14)16-10-9-15(12-21)23-16/h5-7,9-11,21H,2-4,8,12H2,1H3,(H2,19,20,22,24). The van der Waals surface area contributed by atoms with Gasteiger partial charge < -0.3 is 20.2 Å². The van der Waals surface area contributed by atoms with E-state index in [2.05, 4.69) is 17.6 Å². The van der Waals surface area contributed by atoms with Crippen molar-refractivity contribution in [1.82, 2.24) is 5.32 Å². The smallest absolute Gasteiger partial charge is 0.226 e. The van der Waals surface area contributed by atoms with Crippen molar-refractivity contribution >= 4 is 28.9 Å². The van der Waals surface area contributed by atoms with E-state index in [0.717, 1.165) is 30.5 Å². The van der Waals surface area contributed by atoms with Crippen LogP contribution in [0.5, 0.6) is 0 Å². The van der Waals surface area contributed by atoms with Crippen LogP contribution in [0.3, 0.4) is 0 Å². The van der Waals surface area contributed by atoms with Crippen LogP contribution in [0.1, 0.15) is 38.4 Å². The molecule has 2 rings (SSSR count). The van der Waals surface area contributed by atoms with E-state index in [0.29, 0.717) is 17.9 Å². The zero-order valence-electron chi connectivity index (χ0n) is 13.7. The Bertz CT molecular complexity index is 697. The summed E-state index contributed by atoms with van der Waals surface area (Å²) >= 11 is 5.17. The summed E-state index contributed by atoms with van der Waals surface area (Å²) in [5.41, 5.74) is 1.62. The minimum absolute atomic E-state index is 0.0734. The van der Waals surface area contributed by atoms with Crippen molar-refractivity contribution in [2.24, 2.45) is 0 Å². The molecule has 0 spiro atoms. The van der Waals surface area contributed by atoms with Crippen LogP contribution in [-0.4, -0.2) is 16.1 Å². The number of hydrogen-bond acceptors (Lipinski definition) is 4. The number of carbonyl (C=O) groups is 1. The fraction of sp³-hybridized carbons (Fsp3) is 0.333. The predicted molar refractivity (Wildman–Crippen MR) is 98.6 cm³/mol. The normalized spacial score (nSPS) is 10.4. The molecular weight excluding hydrogens is 324 g/mol. The minimum atomic E-state index is -0.133. The number of hydrogen-bond donors (Lipinski definition) is 3. The number of aliphatic hydroxyl groups excluding tert-OH is 1. The number of carbonyl (C=O) groups excluding carboxylic acids is 1. The van der Waals surface area contributed by atoms with E-state index >= 15 is 0 Å². The van der Waals surface area contributed by atoms with Gasteiger partial charge in [0.25, 0.3) is 0 Å². The largest absolute Gasteiger partial charge is 0.459 e. The van der Waals surface area contributed by atoms with Crippen LogP contribution in [0, 0.1) is 0 Å². The molecule has 0 unspecified atom stereocenters. The second-order valence-electron chi connectivity index (χ2n) is 5.46. The van der Waals surface area contributed by atoms with Gasteiger partial charge in [0.2, 0.25) is 5.91 Å². The zero-order valence-corrected chi connectivity index (χ0v) is 14.5. The van der Waals surface area contributed by atoms with Gasteiger partial charge in [0.15, 0.2) is 5.11 Å². The number of thiocarbonyl (C=S) groups is 1. The topological polar surface area (TPSA) is 74.5 Å². The molecule has 0 fully saturated rings. The summed E-state index contributed by atoms with van der Waals surface area (Å²) in [5.74, 6) is 1.10. The van der Waals surface area contributed by atoms with E-state index in [1.54, 1.807) is 12.1 Å². The number of benzene rings is 1. The molecule has 0 aliphatic carbocycles. The summed E-state index contributed by atoms with van der Waals surface area (Å²) in [7, 11) is 0. The molecule has 0 aliphatic rings. The third kappa shape index (κ3) is 5.47. The molecule has 1 aromatic carbocycles. The van der Waals surface area contributed by atoms with Crippen molar-refractivity contribution in [3.63, 3.8) is 0 Å². The molecule has 0 saturated carbocycles. The lowest BCUT2D eigenvalue weighted by Crippen LogP contribution is -2.33. The first-order valence-corrected chi connectivity index (χ1v) is 8.44. The van der Waals surface area contributed by atoms with Crippen molar-refractivity contribution in [2.75, 3.05) is 5.32 Å². The minimum Gasteiger partial charge on any atom is -0.459 e. The van der Waals surface area contributed by atoms with Gasteiger partial charge in [-0.1, -0.05) is 31.9 Å². The molecule has 2 aromatic rings. The molecule has 3 N–H and O–H groups in total. The monoisotopic (exact) mass is 346 g/mol. The number of unbranched alkanes of at least 4 members (excludes halogenated alkanes) is 2. The molecule has 1 heterocycles. The van der Waals surface area contributed by atoms with E-state index in [1.165, 1.54) is 0 Å². The molecule has 128 valence electrons. The highest BCUT2D eigenvalue weighted by Crippen LogP contribution is 2.24. The summed E-state index contributed by atoms with van der Waals surface area (Å²) in [6.07, 6.45) is 3.46. The van der Waals surface area contributed by atoms with Crippen LogP contribution in [0.4, 0.5) is 5.69 Å². The molecule has 0 atom stereocenters. The number of rotatable bonds is 7. The van der Waals surface area contributed by atoms with Crippen LogP contribution in [0.15, 0.2) is 40.8 Å². The highest BCUT2D eigenvalue weighted by molar-refractivity contribution is 7.80. The first-order chi connectivity index (χ1) is 11.6. The van der Waals surface area contributed by atoms with Crippen molar-refractivity contribution in [1.29, 1.82) is 0 Å². The van der Waals surface area contributed by atoms with E-state index < -0.39 is 0 Å². The molecular formula is C18H22N2O3S. The summed E-state index contributed by atoms with van der Waals surface area (Å²) in [4.78, 5) is 11.8. The fourth-order valence-electron chi connectivity index (χ4n) is 2.26. The summed E-state index contributed by atoms with van der Waals surface area (Å²) in [6.45, 7) is 1.96. The number of amides is 1. The zero-order chi connectivity index (χ0) is 17.4. The first kappa shape index (κ1) is 18.2. The molecule has 1 aromatic heterocycles. The molecule has 24 heavy (non-hydrogen) atoms. The maximum atomic E-state index is 11.8. The van der Waals surface area contributed by atoms with Crippen LogP contribution >= 0.6 is 12.2 Å². The Morgan fingerprint density at radius 2 is 2.08 bits per heavy atom. The van der Waals surface area contributed by atoms with E-state index in [9.17, 15) is 4.79 Å².